The number of para-hydroxylation sites is 1. The van der Waals surface area contributed by atoms with Crippen LogP contribution in [0.4, 0.5) is 0 Å². The minimum atomic E-state index is -0.500. The topological polar surface area (TPSA) is 46.0 Å². The Hall–Kier alpha value is -6.52. The largest absolute Gasteiger partial charge is 0.457 e. The molecule has 1 spiro atoms. The molecule has 2 heterocycles. The van der Waals surface area contributed by atoms with Gasteiger partial charge in [0.2, 0.25) is 0 Å². The molecule has 0 radical (unpaired) electrons. The molecule has 240 valence electrons. The Bertz CT molecular complexity index is 2640. The van der Waals surface area contributed by atoms with E-state index in [9.17, 15) is 0 Å². The van der Waals surface area contributed by atoms with E-state index in [0.29, 0.717) is 5.84 Å². The fourth-order valence-electron chi connectivity index (χ4n) is 8.82. The molecule has 4 aliphatic rings. The lowest BCUT2D eigenvalue weighted by atomic mass is 9.66. The molecular weight excluding hydrogens is 623 g/mol. The molecule has 0 amide bonds. The van der Waals surface area contributed by atoms with Gasteiger partial charge in [0.1, 0.15) is 23.5 Å². The maximum atomic E-state index is 6.83. The lowest BCUT2D eigenvalue weighted by Gasteiger charge is -2.39. The van der Waals surface area contributed by atoms with Gasteiger partial charge in [-0.1, -0.05) is 140 Å². The van der Waals surface area contributed by atoms with Gasteiger partial charge in [-0.3, -0.25) is 0 Å². The molecule has 1 unspecified atom stereocenters. The average molecular weight is 654 g/mol. The first kappa shape index (κ1) is 28.3. The summed E-state index contributed by atoms with van der Waals surface area (Å²) >= 11 is 0. The zero-order valence-corrected chi connectivity index (χ0v) is 27.7. The van der Waals surface area contributed by atoms with Gasteiger partial charge >= 0.3 is 0 Å². The highest BCUT2D eigenvalue weighted by Gasteiger charge is 2.51. The van der Waals surface area contributed by atoms with E-state index in [1.807, 2.05) is 18.2 Å². The number of ether oxygens (including phenoxy) is 1. The third kappa shape index (κ3) is 4.08. The van der Waals surface area contributed by atoms with Gasteiger partial charge in [0, 0.05) is 27.8 Å². The molecular formula is C47H31N3O. The van der Waals surface area contributed by atoms with Crippen molar-refractivity contribution in [2.45, 2.75) is 18.0 Å². The van der Waals surface area contributed by atoms with Gasteiger partial charge in [-0.25, -0.2) is 9.98 Å². The van der Waals surface area contributed by atoms with Crippen molar-refractivity contribution in [1.29, 1.82) is 0 Å². The molecule has 4 heteroatoms. The summed E-state index contributed by atoms with van der Waals surface area (Å²) < 4.78 is 6.83. The highest BCUT2D eigenvalue weighted by Crippen LogP contribution is 2.62. The molecule has 2 aliphatic carbocycles. The molecule has 1 atom stereocenters. The van der Waals surface area contributed by atoms with Crippen LogP contribution in [0.1, 0.15) is 56.2 Å². The second-order valence-corrected chi connectivity index (χ2v) is 13.7. The van der Waals surface area contributed by atoms with E-state index >= 15 is 0 Å². The average Bonchev–Trinajstić information content (AvgIpc) is 3.49. The smallest absolute Gasteiger partial charge is 0.159 e. The molecule has 4 nitrogen and oxygen atoms in total. The monoisotopic (exact) mass is 653 g/mol. The minimum absolute atomic E-state index is 0.383. The summed E-state index contributed by atoms with van der Waals surface area (Å²) in [6, 6.07) is 54.2. The minimum Gasteiger partial charge on any atom is -0.457 e. The Morgan fingerprint density at radius 3 is 2.16 bits per heavy atom. The Balaban J connectivity index is 1.08. The van der Waals surface area contributed by atoms with Gasteiger partial charge in [0.15, 0.2) is 5.84 Å². The Morgan fingerprint density at radius 2 is 1.33 bits per heavy atom. The number of aliphatic imine (C=N–C) groups is 2. The van der Waals surface area contributed by atoms with Crippen molar-refractivity contribution in [2.24, 2.45) is 9.98 Å². The number of nitrogens with one attached hydrogen (secondary N) is 1. The van der Waals surface area contributed by atoms with Crippen molar-refractivity contribution in [1.82, 2.24) is 5.32 Å². The maximum absolute atomic E-state index is 6.83. The van der Waals surface area contributed by atoms with Crippen LogP contribution in [-0.2, 0) is 11.8 Å². The SMILES string of the molecule is C1=Cc2cc(C3=NC(c4ccccc4)=NC(c4ccc5c(c4)Oc4ccccc4C54c5ccccc5-c5ccccc54)N3)cc3cccc(c23)C1. The van der Waals surface area contributed by atoms with E-state index in [2.05, 4.69) is 151 Å². The molecule has 7 aromatic rings. The predicted octanol–water partition coefficient (Wildman–Crippen LogP) is 10.4. The molecule has 0 saturated carbocycles. The third-order valence-electron chi connectivity index (χ3n) is 11.0. The van der Waals surface area contributed by atoms with Gasteiger partial charge in [-0.15, -0.1) is 0 Å². The number of amidine groups is 2. The van der Waals surface area contributed by atoms with Crippen LogP contribution in [0.5, 0.6) is 11.5 Å². The lowest BCUT2D eigenvalue weighted by Crippen LogP contribution is -2.34. The normalized spacial score (nSPS) is 17.0. The Kier molecular flexibility index (Phi) is 5.97. The number of hydrogen-bond donors (Lipinski definition) is 1. The fraction of sp³-hybridized carbons (Fsp3) is 0.0638. The molecule has 1 N–H and O–H groups in total. The van der Waals surface area contributed by atoms with Crippen molar-refractivity contribution in [3.8, 4) is 22.6 Å². The molecule has 0 aromatic heterocycles. The summed E-state index contributed by atoms with van der Waals surface area (Å²) in [7, 11) is 0. The van der Waals surface area contributed by atoms with Crippen LogP contribution in [0.15, 0.2) is 168 Å². The van der Waals surface area contributed by atoms with E-state index < -0.39 is 5.41 Å². The molecule has 7 aromatic carbocycles. The highest BCUT2D eigenvalue weighted by atomic mass is 16.5. The number of hydrogen-bond acceptors (Lipinski definition) is 4. The summed E-state index contributed by atoms with van der Waals surface area (Å²) in [4.78, 5) is 10.4. The van der Waals surface area contributed by atoms with E-state index in [-0.39, 0.29) is 6.17 Å². The third-order valence-corrected chi connectivity index (χ3v) is 11.0. The Labute approximate surface area is 296 Å². The van der Waals surface area contributed by atoms with Crippen LogP contribution >= 0.6 is 0 Å². The van der Waals surface area contributed by atoms with Gasteiger partial charge < -0.3 is 10.1 Å². The molecule has 0 fully saturated rings. The standard InChI is InChI=1S/C47H31N3O/c1-2-12-30(13-3-1)44-48-45(50-46(49-44)34-26-31-16-10-14-29-15-11-17-32(27-34)43(29)31)33-24-25-40-42(28-33)51-41-23-9-8-22-39(41)47(40)37-20-6-4-18-35(37)36-19-5-7-21-38(36)47/h1-14,16-28,45H,15H2,(H,48,49,50). The zero-order chi connectivity index (χ0) is 33.5. The summed E-state index contributed by atoms with van der Waals surface area (Å²) in [6.45, 7) is 0. The molecule has 0 saturated heterocycles. The second kappa shape index (κ2) is 10.7. The number of nitrogens with zero attached hydrogens (tertiary/aromatic N) is 2. The van der Waals surface area contributed by atoms with Crippen molar-refractivity contribution in [2.75, 3.05) is 0 Å². The van der Waals surface area contributed by atoms with Crippen molar-refractivity contribution in [3.63, 3.8) is 0 Å². The fourth-order valence-corrected chi connectivity index (χ4v) is 8.82. The molecule has 2 aliphatic heterocycles. The lowest BCUT2D eigenvalue weighted by molar-refractivity contribution is 0.434. The molecule has 0 bridgehead atoms. The number of benzene rings is 7. The quantitative estimate of drug-likeness (QED) is 0.206. The van der Waals surface area contributed by atoms with Gasteiger partial charge in [-0.05, 0) is 74.8 Å². The van der Waals surface area contributed by atoms with Crippen molar-refractivity contribution >= 4 is 28.5 Å². The van der Waals surface area contributed by atoms with Crippen LogP contribution in [0.2, 0.25) is 0 Å². The van der Waals surface area contributed by atoms with Crippen molar-refractivity contribution < 1.29 is 4.74 Å². The first-order chi connectivity index (χ1) is 25.3. The maximum Gasteiger partial charge on any atom is 0.159 e. The van der Waals surface area contributed by atoms with Crippen LogP contribution in [0, 0.1) is 0 Å². The van der Waals surface area contributed by atoms with Crippen molar-refractivity contribution in [3.05, 3.63) is 208 Å². The number of rotatable bonds is 3. The van der Waals surface area contributed by atoms with E-state index in [1.54, 1.807) is 0 Å². The van der Waals surface area contributed by atoms with Crippen LogP contribution < -0.4 is 10.1 Å². The molecule has 51 heavy (non-hydrogen) atoms. The molecule has 11 rings (SSSR count). The van der Waals surface area contributed by atoms with E-state index in [0.717, 1.165) is 51.6 Å². The van der Waals surface area contributed by atoms with Crippen LogP contribution in [0.25, 0.3) is 28.0 Å². The van der Waals surface area contributed by atoms with E-state index in [1.165, 1.54) is 44.2 Å². The van der Waals surface area contributed by atoms with Gasteiger partial charge in [0.05, 0.1) is 5.41 Å². The van der Waals surface area contributed by atoms with E-state index in [4.69, 9.17) is 14.7 Å². The highest BCUT2D eigenvalue weighted by molar-refractivity contribution is 6.14. The summed E-state index contributed by atoms with van der Waals surface area (Å²) in [5.41, 5.74) is 12.5. The summed E-state index contributed by atoms with van der Waals surface area (Å²) in [5.74, 6) is 3.22. The first-order valence-corrected chi connectivity index (χ1v) is 17.6. The number of allylic oxidation sites excluding steroid dienone is 1. The zero-order valence-electron chi connectivity index (χ0n) is 27.7. The first-order valence-electron chi connectivity index (χ1n) is 17.6. The second-order valence-electron chi connectivity index (χ2n) is 13.7. The van der Waals surface area contributed by atoms with Crippen LogP contribution in [0.3, 0.4) is 0 Å². The Morgan fingerprint density at radius 1 is 0.608 bits per heavy atom. The van der Waals surface area contributed by atoms with Crippen LogP contribution in [-0.4, -0.2) is 11.7 Å². The number of fused-ring (bicyclic) bond motifs is 9. The summed E-state index contributed by atoms with van der Waals surface area (Å²) in [5, 5.41) is 6.28. The van der Waals surface area contributed by atoms with Gasteiger partial charge in [-0.2, -0.15) is 0 Å². The predicted molar refractivity (Wildman–Crippen MR) is 206 cm³/mol. The van der Waals surface area contributed by atoms with Gasteiger partial charge in [0.25, 0.3) is 0 Å². The summed E-state index contributed by atoms with van der Waals surface area (Å²) in [6.07, 6.45) is 5.06.